The molecule has 19 heavy (non-hydrogen) atoms. The first-order valence-corrected chi connectivity index (χ1v) is 5.66. The van der Waals surface area contributed by atoms with Gasteiger partial charge < -0.3 is 10.1 Å². The van der Waals surface area contributed by atoms with E-state index in [-0.39, 0.29) is 29.0 Å². The van der Waals surface area contributed by atoms with E-state index in [0.717, 1.165) is 0 Å². The summed E-state index contributed by atoms with van der Waals surface area (Å²) in [6.45, 7) is -1.76. The second-order valence-corrected chi connectivity index (χ2v) is 4.04. The van der Waals surface area contributed by atoms with Crippen molar-refractivity contribution in [3.63, 3.8) is 0 Å². The van der Waals surface area contributed by atoms with Gasteiger partial charge in [0.2, 0.25) is 0 Å². The van der Waals surface area contributed by atoms with Crippen LogP contribution < -0.4 is 5.32 Å². The first-order chi connectivity index (χ1) is 8.79. The van der Waals surface area contributed by atoms with Crippen molar-refractivity contribution < 1.29 is 22.7 Å². The van der Waals surface area contributed by atoms with Gasteiger partial charge in [0.25, 0.3) is 5.91 Å². The average Bonchev–Trinajstić information content (AvgIpc) is 2.30. The van der Waals surface area contributed by atoms with E-state index in [2.05, 4.69) is 20.3 Å². The zero-order chi connectivity index (χ0) is 14.5. The minimum atomic E-state index is -4.39. The fraction of sp³-hybridized carbons (Fsp3) is 0.444. The van der Waals surface area contributed by atoms with Crippen molar-refractivity contribution in [2.24, 2.45) is 0 Å². The molecule has 10 heteroatoms. The maximum absolute atomic E-state index is 11.7. The standard InChI is InChI=1S/C9H8Cl2F3N3O2/c10-6-3-5(7(11)17-16-6)8(18)15-1-2-19-4-9(12,13)14/h3H,1-2,4H2,(H,15,18). The molecule has 1 heterocycles. The zero-order valence-corrected chi connectivity index (χ0v) is 10.8. The van der Waals surface area contributed by atoms with Crippen LogP contribution >= 0.6 is 23.2 Å². The SMILES string of the molecule is O=C(NCCOCC(F)(F)F)c1cc(Cl)nnc1Cl. The lowest BCUT2D eigenvalue weighted by Gasteiger charge is -2.08. The van der Waals surface area contributed by atoms with Gasteiger partial charge in [-0.25, -0.2) is 0 Å². The Morgan fingerprint density at radius 1 is 1.37 bits per heavy atom. The van der Waals surface area contributed by atoms with E-state index in [9.17, 15) is 18.0 Å². The summed E-state index contributed by atoms with van der Waals surface area (Å²) in [7, 11) is 0. The highest BCUT2D eigenvalue weighted by molar-refractivity contribution is 6.34. The Labute approximate surface area is 116 Å². The third-order valence-corrected chi connectivity index (χ3v) is 2.23. The number of rotatable bonds is 5. The Morgan fingerprint density at radius 3 is 2.68 bits per heavy atom. The maximum Gasteiger partial charge on any atom is 0.411 e. The second-order valence-electron chi connectivity index (χ2n) is 3.30. The summed E-state index contributed by atoms with van der Waals surface area (Å²) in [6, 6.07) is 1.20. The predicted octanol–water partition coefficient (Wildman–Crippen LogP) is 2.09. The highest BCUT2D eigenvalue weighted by Gasteiger charge is 2.27. The Morgan fingerprint density at radius 2 is 2.05 bits per heavy atom. The molecule has 0 aromatic carbocycles. The van der Waals surface area contributed by atoms with E-state index in [0.29, 0.717) is 0 Å². The number of carbonyl (C=O) groups excluding carboxylic acids is 1. The molecule has 0 unspecified atom stereocenters. The molecule has 106 valence electrons. The van der Waals surface area contributed by atoms with Crippen molar-refractivity contribution in [3.05, 3.63) is 21.9 Å². The summed E-state index contributed by atoms with van der Waals surface area (Å²) in [4.78, 5) is 11.6. The van der Waals surface area contributed by atoms with Crippen LogP contribution in [-0.2, 0) is 4.74 Å². The molecule has 1 rings (SSSR count). The van der Waals surface area contributed by atoms with Crippen LogP contribution in [-0.4, -0.2) is 42.0 Å². The summed E-state index contributed by atoms with van der Waals surface area (Å²) in [5.41, 5.74) is -0.0162. The third-order valence-electron chi connectivity index (χ3n) is 1.76. The molecule has 0 saturated heterocycles. The first-order valence-electron chi connectivity index (χ1n) is 4.91. The summed E-state index contributed by atoms with van der Waals surface area (Å²) >= 11 is 11.2. The Bertz CT molecular complexity index is 457. The Balaban J connectivity index is 2.38. The molecule has 0 aliphatic heterocycles. The van der Waals surface area contributed by atoms with Crippen LogP contribution in [0, 0.1) is 0 Å². The van der Waals surface area contributed by atoms with Gasteiger partial charge in [-0.3, -0.25) is 4.79 Å². The Kier molecular flexibility index (Phi) is 5.77. The van der Waals surface area contributed by atoms with E-state index in [1.165, 1.54) is 6.07 Å². The molecule has 0 aliphatic rings. The van der Waals surface area contributed by atoms with Gasteiger partial charge >= 0.3 is 6.18 Å². The molecule has 0 radical (unpaired) electrons. The fourth-order valence-electron chi connectivity index (χ4n) is 1.03. The molecule has 0 saturated carbocycles. The number of alkyl halides is 3. The monoisotopic (exact) mass is 317 g/mol. The van der Waals surface area contributed by atoms with Crippen molar-refractivity contribution >= 4 is 29.1 Å². The third kappa shape index (κ3) is 6.04. The molecule has 5 nitrogen and oxygen atoms in total. The van der Waals surface area contributed by atoms with Crippen LogP contribution in [0.2, 0.25) is 10.3 Å². The molecular weight excluding hydrogens is 310 g/mol. The van der Waals surface area contributed by atoms with Crippen LogP contribution in [0.25, 0.3) is 0 Å². The highest BCUT2D eigenvalue weighted by Crippen LogP contribution is 2.15. The van der Waals surface area contributed by atoms with E-state index in [1.807, 2.05) is 0 Å². The average molecular weight is 318 g/mol. The quantitative estimate of drug-likeness (QED) is 0.845. The summed E-state index contributed by atoms with van der Waals surface area (Å²) < 4.78 is 39.5. The molecule has 0 atom stereocenters. The Hall–Kier alpha value is -1.12. The van der Waals surface area contributed by atoms with Crippen molar-refractivity contribution in [3.8, 4) is 0 Å². The van der Waals surface area contributed by atoms with Crippen molar-refractivity contribution in [2.75, 3.05) is 19.8 Å². The number of nitrogens with zero attached hydrogens (tertiary/aromatic N) is 2. The van der Waals surface area contributed by atoms with Crippen LogP contribution in [0.3, 0.4) is 0 Å². The molecule has 0 aliphatic carbocycles. The van der Waals surface area contributed by atoms with Gasteiger partial charge in [-0.05, 0) is 6.07 Å². The van der Waals surface area contributed by atoms with Gasteiger partial charge in [0.15, 0.2) is 10.3 Å². The topological polar surface area (TPSA) is 64.1 Å². The van der Waals surface area contributed by atoms with Gasteiger partial charge in [0.1, 0.15) is 6.61 Å². The van der Waals surface area contributed by atoms with Crippen molar-refractivity contribution in [1.82, 2.24) is 15.5 Å². The first kappa shape index (κ1) is 15.9. The highest BCUT2D eigenvalue weighted by atomic mass is 35.5. The molecule has 1 aromatic rings. The van der Waals surface area contributed by atoms with Crippen molar-refractivity contribution in [2.45, 2.75) is 6.18 Å². The number of carbonyl (C=O) groups is 1. The largest absolute Gasteiger partial charge is 0.411 e. The number of hydrogen-bond donors (Lipinski definition) is 1. The van der Waals surface area contributed by atoms with Gasteiger partial charge in [-0.2, -0.15) is 13.2 Å². The number of hydrogen-bond acceptors (Lipinski definition) is 4. The molecular formula is C9H8Cl2F3N3O2. The van der Waals surface area contributed by atoms with Crippen LogP contribution in [0.4, 0.5) is 13.2 Å². The lowest BCUT2D eigenvalue weighted by molar-refractivity contribution is -0.173. The van der Waals surface area contributed by atoms with Crippen LogP contribution in [0.5, 0.6) is 0 Å². The fourth-order valence-corrected chi connectivity index (χ4v) is 1.36. The van der Waals surface area contributed by atoms with Crippen molar-refractivity contribution in [1.29, 1.82) is 0 Å². The lowest BCUT2D eigenvalue weighted by atomic mass is 10.3. The molecule has 0 fully saturated rings. The molecule has 0 spiro atoms. The lowest BCUT2D eigenvalue weighted by Crippen LogP contribution is -2.29. The summed E-state index contributed by atoms with van der Waals surface area (Å²) in [6.07, 6.45) is -4.39. The number of ether oxygens (including phenoxy) is 1. The van der Waals surface area contributed by atoms with Crippen LogP contribution in [0.1, 0.15) is 10.4 Å². The van der Waals surface area contributed by atoms with E-state index in [1.54, 1.807) is 0 Å². The minimum absolute atomic E-state index is 0.0162. The van der Waals surface area contributed by atoms with Gasteiger partial charge in [0, 0.05) is 6.54 Å². The summed E-state index contributed by atoms with van der Waals surface area (Å²) in [5.74, 6) is -0.627. The predicted molar refractivity (Wildman–Crippen MR) is 61.3 cm³/mol. The van der Waals surface area contributed by atoms with E-state index < -0.39 is 18.7 Å². The number of nitrogens with one attached hydrogen (secondary N) is 1. The maximum atomic E-state index is 11.7. The van der Waals surface area contributed by atoms with Gasteiger partial charge in [0.05, 0.1) is 12.2 Å². The smallest absolute Gasteiger partial charge is 0.370 e. The number of halogens is 5. The molecule has 1 N–H and O–H groups in total. The van der Waals surface area contributed by atoms with Gasteiger partial charge in [-0.1, -0.05) is 23.2 Å². The van der Waals surface area contributed by atoms with Crippen LogP contribution in [0.15, 0.2) is 6.07 Å². The van der Waals surface area contributed by atoms with E-state index >= 15 is 0 Å². The second kappa shape index (κ2) is 6.88. The van der Waals surface area contributed by atoms with E-state index in [4.69, 9.17) is 23.2 Å². The number of amides is 1. The molecule has 0 bridgehead atoms. The number of aromatic nitrogens is 2. The van der Waals surface area contributed by atoms with Gasteiger partial charge in [-0.15, -0.1) is 10.2 Å². The minimum Gasteiger partial charge on any atom is -0.370 e. The normalized spacial score (nSPS) is 11.4. The zero-order valence-electron chi connectivity index (χ0n) is 9.30. The summed E-state index contributed by atoms with van der Waals surface area (Å²) in [5, 5.41) is 8.96. The molecule has 1 aromatic heterocycles. The molecule has 1 amide bonds.